The van der Waals surface area contributed by atoms with Crippen LogP contribution in [0.15, 0.2) is 79.5 Å². The van der Waals surface area contributed by atoms with Crippen molar-refractivity contribution in [3.05, 3.63) is 96.6 Å². The number of amides is 1. The summed E-state index contributed by atoms with van der Waals surface area (Å²) in [6.07, 6.45) is 9.94. The van der Waals surface area contributed by atoms with Gasteiger partial charge in [0.1, 0.15) is 23.9 Å². The third-order valence-electron chi connectivity index (χ3n) is 4.62. The first-order chi connectivity index (χ1) is 15.2. The minimum absolute atomic E-state index is 0.200. The fourth-order valence-electron chi connectivity index (χ4n) is 3.09. The van der Waals surface area contributed by atoms with Crippen molar-refractivity contribution in [2.45, 2.75) is 26.1 Å². The lowest BCUT2D eigenvalue weighted by molar-refractivity contribution is 0.102. The van der Waals surface area contributed by atoms with E-state index in [1.807, 2.05) is 24.5 Å². The summed E-state index contributed by atoms with van der Waals surface area (Å²) in [6, 6.07) is 13.3. The van der Waals surface area contributed by atoms with E-state index in [4.69, 9.17) is 4.74 Å². The lowest BCUT2D eigenvalue weighted by Crippen LogP contribution is -2.14. The second kappa shape index (κ2) is 9.71. The Labute approximate surface area is 179 Å². The van der Waals surface area contributed by atoms with Crippen LogP contribution >= 0.6 is 0 Å². The smallest absolute Gasteiger partial charge is 0.274 e. The number of hydrogen-bond donors (Lipinski definition) is 1. The Morgan fingerprint density at radius 2 is 1.97 bits per heavy atom. The maximum absolute atomic E-state index is 13.3. The Balaban J connectivity index is 1.30. The molecule has 3 aromatic heterocycles. The van der Waals surface area contributed by atoms with Gasteiger partial charge < -0.3 is 14.6 Å². The zero-order valence-corrected chi connectivity index (χ0v) is 16.8. The first-order valence-corrected chi connectivity index (χ1v) is 9.93. The van der Waals surface area contributed by atoms with Crippen molar-refractivity contribution in [2.75, 3.05) is 5.32 Å². The monoisotopic (exact) mass is 419 g/mol. The van der Waals surface area contributed by atoms with E-state index in [1.165, 1.54) is 12.1 Å². The lowest BCUT2D eigenvalue weighted by Gasteiger charge is -2.08. The summed E-state index contributed by atoms with van der Waals surface area (Å²) in [5.74, 6) is -0.274. The van der Waals surface area contributed by atoms with Crippen LogP contribution in [-0.4, -0.2) is 25.2 Å². The zero-order chi connectivity index (χ0) is 21.5. The van der Waals surface area contributed by atoms with E-state index in [2.05, 4.69) is 20.0 Å². The molecule has 0 fully saturated rings. The number of carbonyl (C=O) groups excluding carboxylic acids is 1. The van der Waals surface area contributed by atoms with E-state index >= 15 is 0 Å². The molecule has 1 aromatic carbocycles. The molecule has 1 amide bonds. The van der Waals surface area contributed by atoms with Gasteiger partial charge in [-0.05, 0) is 48.4 Å². The topological polar surface area (TPSA) is 74.0 Å². The quantitative estimate of drug-likeness (QED) is 0.443. The van der Waals surface area contributed by atoms with Crippen molar-refractivity contribution in [1.29, 1.82) is 0 Å². The molecular weight excluding hydrogens is 397 g/mol. The molecule has 0 aliphatic heterocycles. The number of nitrogens with one attached hydrogen (secondary N) is 1. The van der Waals surface area contributed by atoms with Gasteiger partial charge in [0.15, 0.2) is 0 Å². The van der Waals surface area contributed by atoms with Gasteiger partial charge in [-0.1, -0.05) is 6.07 Å². The highest BCUT2D eigenvalue weighted by Crippen LogP contribution is 2.15. The van der Waals surface area contributed by atoms with Crippen molar-refractivity contribution in [3.63, 3.8) is 0 Å². The molecule has 4 aromatic rings. The Bertz CT molecular complexity index is 1140. The van der Waals surface area contributed by atoms with E-state index in [-0.39, 0.29) is 24.0 Å². The molecular formula is C23H22FN5O2. The molecule has 3 heterocycles. The van der Waals surface area contributed by atoms with E-state index in [0.717, 1.165) is 25.1 Å². The van der Waals surface area contributed by atoms with Crippen molar-refractivity contribution in [2.24, 2.45) is 0 Å². The molecule has 31 heavy (non-hydrogen) atoms. The fraction of sp³-hybridized carbons (Fsp3) is 0.174. The summed E-state index contributed by atoms with van der Waals surface area (Å²) in [6.45, 7) is 1.85. The van der Waals surface area contributed by atoms with Gasteiger partial charge in [0.05, 0.1) is 11.9 Å². The molecule has 4 rings (SSSR count). The lowest BCUT2D eigenvalue weighted by atomic mass is 10.2. The van der Waals surface area contributed by atoms with E-state index in [0.29, 0.717) is 11.4 Å². The van der Waals surface area contributed by atoms with Gasteiger partial charge in [0, 0.05) is 43.9 Å². The second-order valence-electron chi connectivity index (χ2n) is 7.02. The van der Waals surface area contributed by atoms with Crippen LogP contribution in [0.4, 0.5) is 10.1 Å². The standard InChI is InChI=1S/C23H22FN5O2/c24-19-5-3-6-21(14-19)31-17-18-7-8-25-22(13-18)23(30)27-20-15-26-29(16-20)12-4-11-28-9-1-2-10-28/h1-3,5-10,13-16H,4,11-12,17H2,(H,27,30). The molecule has 0 aliphatic rings. The van der Waals surface area contributed by atoms with Crippen LogP contribution in [0, 0.1) is 5.82 Å². The third-order valence-corrected chi connectivity index (χ3v) is 4.62. The van der Waals surface area contributed by atoms with Crippen LogP contribution in [0.5, 0.6) is 5.75 Å². The van der Waals surface area contributed by atoms with Crippen LogP contribution in [0.1, 0.15) is 22.5 Å². The van der Waals surface area contributed by atoms with Crippen molar-refractivity contribution in [1.82, 2.24) is 19.3 Å². The number of nitrogens with zero attached hydrogens (tertiary/aromatic N) is 4. The molecule has 0 radical (unpaired) electrons. The molecule has 8 heteroatoms. The van der Waals surface area contributed by atoms with Crippen LogP contribution in [0.3, 0.4) is 0 Å². The molecule has 0 bridgehead atoms. The fourth-order valence-corrected chi connectivity index (χ4v) is 3.09. The number of aryl methyl sites for hydroxylation is 2. The number of ether oxygens (including phenoxy) is 1. The van der Waals surface area contributed by atoms with Gasteiger partial charge in [0.25, 0.3) is 5.91 Å². The summed E-state index contributed by atoms with van der Waals surface area (Å²) in [7, 11) is 0. The summed E-state index contributed by atoms with van der Waals surface area (Å²) >= 11 is 0. The van der Waals surface area contributed by atoms with Crippen molar-refractivity contribution in [3.8, 4) is 5.75 Å². The highest BCUT2D eigenvalue weighted by atomic mass is 19.1. The van der Waals surface area contributed by atoms with E-state index < -0.39 is 0 Å². The summed E-state index contributed by atoms with van der Waals surface area (Å²) in [5.41, 5.74) is 1.62. The van der Waals surface area contributed by atoms with Crippen LogP contribution in [-0.2, 0) is 19.7 Å². The number of aromatic nitrogens is 4. The molecule has 158 valence electrons. The Kier molecular flexibility index (Phi) is 6.37. The normalized spacial score (nSPS) is 10.7. The van der Waals surface area contributed by atoms with Gasteiger partial charge in [0.2, 0.25) is 0 Å². The van der Waals surface area contributed by atoms with Gasteiger partial charge in [-0.2, -0.15) is 5.10 Å². The number of benzene rings is 1. The zero-order valence-electron chi connectivity index (χ0n) is 16.8. The number of anilines is 1. The maximum Gasteiger partial charge on any atom is 0.274 e. The highest BCUT2D eigenvalue weighted by Gasteiger charge is 2.10. The van der Waals surface area contributed by atoms with Gasteiger partial charge in [-0.25, -0.2) is 4.39 Å². The summed E-state index contributed by atoms with van der Waals surface area (Å²) < 4.78 is 22.7. The number of pyridine rings is 1. The molecule has 0 atom stereocenters. The van der Waals surface area contributed by atoms with Crippen LogP contribution < -0.4 is 10.1 Å². The molecule has 0 saturated carbocycles. The predicted octanol–water partition coefficient (Wildman–Crippen LogP) is 4.14. The minimum Gasteiger partial charge on any atom is -0.489 e. The van der Waals surface area contributed by atoms with Crippen molar-refractivity contribution >= 4 is 11.6 Å². The molecule has 7 nitrogen and oxygen atoms in total. The maximum atomic E-state index is 13.3. The third kappa shape index (κ3) is 5.79. The summed E-state index contributed by atoms with van der Waals surface area (Å²) in [5, 5.41) is 7.10. The largest absolute Gasteiger partial charge is 0.489 e. The number of halogens is 1. The van der Waals surface area contributed by atoms with Crippen LogP contribution in [0.25, 0.3) is 0 Å². The molecule has 0 aliphatic carbocycles. The van der Waals surface area contributed by atoms with Crippen molar-refractivity contribution < 1.29 is 13.9 Å². The Morgan fingerprint density at radius 1 is 1.10 bits per heavy atom. The number of rotatable bonds is 9. The van der Waals surface area contributed by atoms with Crippen LogP contribution in [0.2, 0.25) is 0 Å². The van der Waals surface area contributed by atoms with Gasteiger partial charge in [-0.3, -0.25) is 14.5 Å². The number of hydrogen-bond acceptors (Lipinski definition) is 4. The summed E-state index contributed by atoms with van der Waals surface area (Å²) in [4.78, 5) is 16.7. The second-order valence-corrected chi connectivity index (χ2v) is 7.02. The van der Waals surface area contributed by atoms with Gasteiger partial charge >= 0.3 is 0 Å². The molecule has 1 N–H and O–H groups in total. The Hall–Kier alpha value is -3.94. The SMILES string of the molecule is O=C(Nc1cnn(CCCn2cccc2)c1)c1cc(COc2cccc(F)c2)ccn1. The average molecular weight is 419 g/mol. The van der Waals surface area contributed by atoms with E-state index in [1.54, 1.807) is 47.5 Å². The molecule has 0 spiro atoms. The first-order valence-electron chi connectivity index (χ1n) is 9.93. The Morgan fingerprint density at radius 3 is 2.81 bits per heavy atom. The predicted molar refractivity (Wildman–Crippen MR) is 114 cm³/mol. The van der Waals surface area contributed by atoms with Gasteiger partial charge in [-0.15, -0.1) is 0 Å². The molecule has 0 unspecified atom stereocenters. The average Bonchev–Trinajstić information content (AvgIpc) is 3.45. The molecule has 0 saturated heterocycles. The van der Waals surface area contributed by atoms with E-state index in [9.17, 15) is 9.18 Å². The first kappa shape index (κ1) is 20.3. The number of carbonyl (C=O) groups is 1. The minimum atomic E-state index is -0.363. The highest BCUT2D eigenvalue weighted by molar-refractivity contribution is 6.02.